The van der Waals surface area contributed by atoms with Crippen LogP contribution in [0, 0.1) is 0 Å². The van der Waals surface area contributed by atoms with Gasteiger partial charge in [-0.1, -0.05) is 60.7 Å². The summed E-state index contributed by atoms with van der Waals surface area (Å²) in [5.41, 5.74) is 2.32. The van der Waals surface area contributed by atoms with Crippen molar-refractivity contribution in [3.05, 3.63) is 71.8 Å². The number of hydrogen-bond acceptors (Lipinski definition) is 8. The molecule has 0 radical (unpaired) electrons. The van der Waals surface area contributed by atoms with E-state index in [2.05, 4.69) is 29.2 Å². The molecule has 0 saturated carbocycles. The Morgan fingerprint density at radius 1 is 0.622 bits per heavy atom. The molecule has 0 aliphatic carbocycles. The Morgan fingerprint density at radius 2 is 1.22 bits per heavy atom. The Hall–Kier alpha value is -1.88. The minimum absolute atomic E-state index is 0.136. The van der Waals surface area contributed by atoms with Gasteiger partial charge in [-0.3, -0.25) is 4.90 Å². The lowest BCUT2D eigenvalue weighted by atomic mass is 10.2. The molecule has 1 saturated heterocycles. The first-order valence-corrected chi connectivity index (χ1v) is 13.3. The van der Waals surface area contributed by atoms with E-state index in [1.54, 1.807) is 0 Å². The van der Waals surface area contributed by atoms with Crippen LogP contribution in [-0.4, -0.2) is 103 Å². The Bertz CT molecular complexity index is 780. The maximum absolute atomic E-state index is 5.96. The van der Waals surface area contributed by atoms with Crippen molar-refractivity contribution in [1.29, 1.82) is 0 Å². The highest BCUT2D eigenvalue weighted by Gasteiger charge is 2.12. The van der Waals surface area contributed by atoms with E-state index in [-0.39, 0.29) is 6.10 Å². The Balaban J connectivity index is 1.26. The molecule has 1 heterocycles. The standard InChI is InChI=1S/C29H43NO7/c1-3-7-27(8-4-1)23-34-19-17-31-14-11-30-12-15-32-18-20-35-25-29(37-22-21-33-16-13-30)26-36-24-28-9-5-2-6-10-28/h1-10,29H,11-26H2. The van der Waals surface area contributed by atoms with Gasteiger partial charge < -0.3 is 33.2 Å². The molecule has 0 spiro atoms. The van der Waals surface area contributed by atoms with Gasteiger partial charge in [0.25, 0.3) is 0 Å². The lowest BCUT2D eigenvalue weighted by molar-refractivity contribution is -0.0799. The predicted octanol–water partition coefficient (Wildman–Crippen LogP) is 3.19. The molecule has 1 fully saturated rings. The fraction of sp³-hybridized carbons (Fsp3) is 0.586. The molecule has 8 heteroatoms. The van der Waals surface area contributed by atoms with Crippen molar-refractivity contribution < 1.29 is 33.2 Å². The van der Waals surface area contributed by atoms with Gasteiger partial charge in [-0.15, -0.1) is 0 Å². The summed E-state index contributed by atoms with van der Waals surface area (Å²) in [5, 5.41) is 0. The fourth-order valence-electron chi connectivity index (χ4n) is 3.74. The lowest BCUT2D eigenvalue weighted by Gasteiger charge is -2.22. The Labute approximate surface area is 221 Å². The number of rotatable bonds is 12. The highest BCUT2D eigenvalue weighted by atomic mass is 16.6. The van der Waals surface area contributed by atoms with Crippen LogP contribution in [-0.2, 0) is 46.4 Å². The monoisotopic (exact) mass is 517 g/mol. The summed E-state index contributed by atoms with van der Waals surface area (Å²) in [6.07, 6.45) is -0.136. The molecule has 206 valence electrons. The van der Waals surface area contributed by atoms with E-state index in [4.69, 9.17) is 33.2 Å². The number of hydrogen-bond donors (Lipinski definition) is 0. The first-order chi connectivity index (χ1) is 18.4. The average molecular weight is 518 g/mol. The van der Waals surface area contributed by atoms with Gasteiger partial charge in [0.2, 0.25) is 0 Å². The highest BCUT2D eigenvalue weighted by Crippen LogP contribution is 2.04. The van der Waals surface area contributed by atoms with Gasteiger partial charge in [-0.05, 0) is 11.1 Å². The normalized spacial score (nSPS) is 19.2. The zero-order valence-corrected chi connectivity index (χ0v) is 22.0. The van der Waals surface area contributed by atoms with E-state index in [1.807, 2.05) is 36.4 Å². The topological polar surface area (TPSA) is 67.9 Å². The van der Waals surface area contributed by atoms with Gasteiger partial charge >= 0.3 is 0 Å². The van der Waals surface area contributed by atoms with Gasteiger partial charge in [0.15, 0.2) is 0 Å². The number of ether oxygens (including phenoxy) is 7. The molecule has 8 nitrogen and oxygen atoms in total. The minimum Gasteiger partial charge on any atom is -0.378 e. The average Bonchev–Trinajstić information content (AvgIpc) is 2.94. The van der Waals surface area contributed by atoms with Crippen molar-refractivity contribution in [1.82, 2.24) is 4.90 Å². The van der Waals surface area contributed by atoms with Gasteiger partial charge in [0, 0.05) is 19.6 Å². The molecule has 37 heavy (non-hydrogen) atoms. The van der Waals surface area contributed by atoms with Crippen LogP contribution in [0.15, 0.2) is 60.7 Å². The minimum atomic E-state index is -0.136. The van der Waals surface area contributed by atoms with E-state index >= 15 is 0 Å². The predicted molar refractivity (Wildman–Crippen MR) is 142 cm³/mol. The summed E-state index contributed by atoms with van der Waals surface area (Å²) < 4.78 is 40.6. The van der Waals surface area contributed by atoms with Crippen LogP contribution in [0.4, 0.5) is 0 Å². The van der Waals surface area contributed by atoms with E-state index in [0.29, 0.717) is 85.9 Å². The molecule has 2 aromatic carbocycles. The second kappa shape index (κ2) is 20.1. The van der Waals surface area contributed by atoms with Crippen molar-refractivity contribution in [3.8, 4) is 0 Å². The molecule has 1 atom stereocenters. The van der Waals surface area contributed by atoms with Gasteiger partial charge in [-0.25, -0.2) is 0 Å². The van der Waals surface area contributed by atoms with Crippen LogP contribution >= 0.6 is 0 Å². The first-order valence-electron chi connectivity index (χ1n) is 13.3. The molecule has 0 aromatic heterocycles. The second-order valence-corrected chi connectivity index (χ2v) is 8.79. The van der Waals surface area contributed by atoms with E-state index < -0.39 is 0 Å². The zero-order chi connectivity index (χ0) is 25.6. The summed E-state index contributed by atoms with van der Waals surface area (Å²) in [5.74, 6) is 0. The summed E-state index contributed by atoms with van der Waals surface area (Å²) in [4.78, 5) is 2.30. The van der Waals surface area contributed by atoms with E-state index in [9.17, 15) is 0 Å². The largest absolute Gasteiger partial charge is 0.378 e. The number of benzene rings is 2. The van der Waals surface area contributed by atoms with Crippen molar-refractivity contribution in [3.63, 3.8) is 0 Å². The maximum atomic E-state index is 5.96. The van der Waals surface area contributed by atoms with Crippen molar-refractivity contribution in [2.45, 2.75) is 19.3 Å². The van der Waals surface area contributed by atoms with E-state index in [1.165, 1.54) is 5.56 Å². The van der Waals surface area contributed by atoms with Gasteiger partial charge in [0.05, 0.1) is 85.9 Å². The molecule has 1 aliphatic heterocycles. The number of nitrogens with zero attached hydrogens (tertiary/aromatic N) is 1. The molecule has 1 unspecified atom stereocenters. The summed E-state index contributed by atoms with van der Waals surface area (Å²) in [7, 11) is 0. The zero-order valence-electron chi connectivity index (χ0n) is 22.0. The third-order valence-electron chi connectivity index (χ3n) is 5.81. The lowest BCUT2D eigenvalue weighted by Crippen LogP contribution is -2.34. The van der Waals surface area contributed by atoms with Crippen LogP contribution < -0.4 is 0 Å². The maximum Gasteiger partial charge on any atom is 0.104 e. The second-order valence-electron chi connectivity index (χ2n) is 8.79. The van der Waals surface area contributed by atoms with Gasteiger partial charge in [-0.2, -0.15) is 0 Å². The van der Waals surface area contributed by atoms with Crippen molar-refractivity contribution in [2.75, 3.05) is 92.3 Å². The van der Waals surface area contributed by atoms with Crippen LogP contribution in [0.5, 0.6) is 0 Å². The summed E-state index contributed by atoms with van der Waals surface area (Å²) in [6, 6.07) is 20.3. The molecular weight excluding hydrogens is 474 g/mol. The van der Waals surface area contributed by atoms with Gasteiger partial charge in [0.1, 0.15) is 6.10 Å². The Morgan fingerprint density at radius 3 is 1.92 bits per heavy atom. The molecule has 0 amide bonds. The molecular formula is C29H43NO7. The SMILES string of the molecule is c1ccc(COCCOCCN2CCOCCOCC(COCc3ccccc3)OCCOCC2)cc1. The first kappa shape index (κ1) is 29.7. The van der Waals surface area contributed by atoms with Crippen molar-refractivity contribution in [2.24, 2.45) is 0 Å². The van der Waals surface area contributed by atoms with E-state index in [0.717, 1.165) is 25.2 Å². The smallest absolute Gasteiger partial charge is 0.104 e. The fourth-order valence-corrected chi connectivity index (χ4v) is 3.74. The third kappa shape index (κ3) is 14.6. The molecule has 0 N–H and O–H groups in total. The summed E-state index contributed by atoms with van der Waals surface area (Å²) >= 11 is 0. The van der Waals surface area contributed by atoms with Crippen molar-refractivity contribution >= 4 is 0 Å². The van der Waals surface area contributed by atoms with Crippen LogP contribution in [0.1, 0.15) is 11.1 Å². The Kier molecular flexibility index (Phi) is 16.1. The molecule has 1 aliphatic rings. The third-order valence-corrected chi connectivity index (χ3v) is 5.81. The van der Waals surface area contributed by atoms with Crippen LogP contribution in [0.3, 0.4) is 0 Å². The highest BCUT2D eigenvalue weighted by molar-refractivity contribution is 5.14. The molecule has 3 rings (SSSR count). The van der Waals surface area contributed by atoms with Crippen LogP contribution in [0.25, 0.3) is 0 Å². The summed E-state index contributed by atoms with van der Waals surface area (Å²) in [6.45, 7) is 9.78. The molecule has 2 aromatic rings. The van der Waals surface area contributed by atoms with Crippen LogP contribution in [0.2, 0.25) is 0 Å². The molecule has 0 bridgehead atoms. The quantitative estimate of drug-likeness (QED) is 0.398.